The van der Waals surface area contributed by atoms with Gasteiger partial charge in [-0.1, -0.05) is 0 Å². The minimum atomic E-state index is -0.00277. The number of hydrogen-bond acceptors (Lipinski definition) is 2. The van der Waals surface area contributed by atoms with E-state index < -0.39 is 0 Å². The Kier molecular flexibility index (Phi) is 6.21. The Morgan fingerprint density at radius 2 is 2.00 bits per heavy atom. The molecule has 0 bridgehead atoms. The Balaban J connectivity index is 3.48. The standard InChI is InChI=1S/C17H23N2O.W/c1-8-9-12(2)19-15(10-11-17(5,6)7)18-14(4)13(3)16(19)20;/h1-2,8-9H,10-11H2,3-7H3;/q-1;/b12-9+;. The van der Waals surface area contributed by atoms with Crippen LogP contribution in [-0.4, -0.2) is 14.0 Å². The van der Waals surface area contributed by atoms with Crippen molar-refractivity contribution in [3.05, 3.63) is 46.2 Å². The fourth-order valence-electron chi connectivity index (χ4n) is 1.95. The second-order valence-electron chi connectivity index (χ2n) is 6.34. The predicted octanol–water partition coefficient (Wildman–Crippen LogP) is 3.02. The zero-order valence-corrected chi connectivity index (χ0v) is 16.4. The van der Waals surface area contributed by atoms with Crippen molar-refractivity contribution in [2.75, 3.05) is 0 Å². The van der Waals surface area contributed by atoms with Gasteiger partial charge in [0.2, 0.25) is 0 Å². The first kappa shape index (κ1) is 18.0. The molecule has 1 rings (SSSR count). The number of hydrogen-bond donors (Lipinski definition) is 0. The maximum absolute atomic E-state index is 12.6. The maximum atomic E-state index is 12.6. The van der Waals surface area contributed by atoms with Gasteiger partial charge in [-0.3, -0.25) is 0 Å². The Bertz CT molecular complexity index is 633. The molecule has 114 valence electrons. The summed E-state index contributed by atoms with van der Waals surface area (Å²) >= 11 is 1.27. The molecule has 4 heteroatoms. The van der Waals surface area contributed by atoms with Crippen LogP contribution in [0.2, 0.25) is 0 Å². The molecule has 0 aliphatic carbocycles. The fourth-order valence-corrected chi connectivity index (χ4v) is 2.61. The van der Waals surface area contributed by atoms with Crippen LogP contribution in [0.15, 0.2) is 16.9 Å². The van der Waals surface area contributed by atoms with Crippen LogP contribution in [0.3, 0.4) is 0 Å². The minimum absolute atomic E-state index is 0.00277. The second kappa shape index (κ2) is 7.26. The topological polar surface area (TPSA) is 34.9 Å². The van der Waals surface area contributed by atoms with Gasteiger partial charge in [-0.2, -0.15) is 0 Å². The third kappa shape index (κ3) is 4.71. The summed E-state index contributed by atoms with van der Waals surface area (Å²) in [7, 11) is 0. The van der Waals surface area contributed by atoms with Crippen LogP contribution >= 0.6 is 0 Å². The molecule has 0 aliphatic rings. The number of nitrogens with zero attached hydrogens (tertiary/aromatic N) is 2. The van der Waals surface area contributed by atoms with E-state index in [4.69, 9.17) is 6.58 Å². The molecule has 0 radical (unpaired) electrons. The zero-order valence-electron chi connectivity index (χ0n) is 13.4. The zero-order chi connectivity index (χ0) is 16.2. The van der Waals surface area contributed by atoms with Crippen molar-refractivity contribution in [1.29, 1.82) is 0 Å². The van der Waals surface area contributed by atoms with Crippen molar-refractivity contribution in [3.63, 3.8) is 0 Å². The normalized spacial score (nSPS) is 12.3. The Labute approximate surface area is 138 Å². The molecule has 0 aromatic carbocycles. The van der Waals surface area contributed by atoms with Crippen LogP contribution < -0.4 is 5.56 Å². The average molecular weight is 455 g/mol. The summed E-state index contributed by atoms with van der Waals surface area (Å²) in [5.41, 5.74) is 2.50. The Morgan fingerprint density at radius 1 is 1.38 bits per heavy atom. The molecule has 0 amide bonds. The third-order valence-electron chi connectivity index (χ3n) is 3.37. The van der Waals surface area contributed by atoms with Gasteiger partial charge >= 0.3 is 138 Å². The van der Waals surface area contributed by atoms with Gasteiger partial charge in [-0.25, -0.2) is 0 Å². The van der Waals surface area contributed by atoms with Gasteiger partial charge in [0.15, 0.2) is 0 Å². The molecule has 0 unspecified atom stereocenters. The SMILES string of the molecule is [CH-]=C/C=C(\[CH]=[W])n1c(CCC(C)(C)C)nc(C)c(C)c1=O. The van der Waals surface area contributed by atoms with E-state index in [0.29, 0.717) is 5.56 Å². The van der Waals surface area contributed by atoms with Gasteiger partial charge < -0.3 is 0 Å². The number of allylic oxidation sites excluding steroid dienone is 3. The molecule has 0 fully saturated rings. The Morgan fingerprint density at radius 3 is 2.48 bits per heavy atom. The summed E-state index contributed by atoms with van der Waals surface area (Å²) in [6.07, 6.45) is 4.96. The van der Waals surface area contributed by atoms with E-state index in [1.165, 1.54) is 25.4 Å². The molecule has 0 N–H and O–H groups in total. The summed E-state index contributed by atoms with van der Waals surface area (Å²) in [6.45, 7) is 15.8. The molecule has 1 aromatic heterocycles. The van der Waals surface area contributed by atoms with Crippen molar-refractivity contribution in [1.82, 2.24) is 9.55 Å². The van der Waals surface area contributed by atoms with Gasteiger partial charge in [0.1, 0.15) is 0 Å². The van der Waals surface area contributed by atoms with E-state index in [1.54, 1.807) is 10.6 Å². The van der Waals surface area contributed by atoms with E-state index in [9.17, 15) is 4.79 Å². The van der Waals surface area contributed by atoms with Crippen LogP contribution in [0.1, 0.15) is 44.3 Å². The van der Waals surface area contributed by atoms with Gasteiger partial charge in [-0.05, 0) is 0 Å². The van der Waals surface area contributed by atoms with Crippen molar-refractivity contribution < 1.29 is 19.4 Å². The molecule has 21 heavy (non-hydrogen) atoms. The molecule has 1 aromatic rings. The molecule has 0 atom stereocenters. The van der Waals surface area contributed by atoms with Gasteiger partial charge in [0.05, 0.1) is 0 Å². The number of aromatic nitrogens is 2. The summed E-state index contributed by atoms with van der Waals surface area (Å²) in [5.74, 6) is 0.809. The first-order chi connectivity index (χ1) is 9.71. The van der Waals surface area contributed by atoms with Crippen molar-refractivity contribution >= 4 is 10.1 Å². The van der Waals surface area contributed by atoms with E-state index in [-0.39, 0.29) is 11.0 Å². The van der Waals surface area contributed by atoms with E-state index in [1.807, 2.05) is 18.2 Å². The van der Waals surface area contributed by atoms with Crippen LogP contribution in [0, 0.1) is 25.8 Å². The molecule has 0 saturated carbocycles. The fraction of sp³-hybridized carbons (Fsp3) is 0.471. The monoisotopic (exact) mass is 455 g/mol. The van der Waals surface area contributed by atoms with E-state index in [0.717, 1.165) is 30.1 Å². The van der Waals surface area contributed by atoms with Crippen LogP contribution in [-0.2, 0) is 25.8 Å². The van der Waals surface area contributed by atoms with E-state index in [2.05, 4.69) is 25.8 Å². The summed E-state index contributed by atoms with van der Waals surface area (Å²) in [4.78, 5) is 17.3. The molecule has 0 aliphatic heterocycles. The van der Waals surface area contributed by atoms with Gasteiger partial charge in [-0.15, -0.1) is 0 Å². The van der Waals surface area contributed by atoms with Gasteiger partial charge in [0, 0.05) is 0 Å². The van der Waals surface area contributed by atoms with Crippen molar-refractivity contribution in [2.24, 2.45) is 5.41 Å². The van der Waals surface area contributed by atoms with Crippen LogP contribution in [0.25, 0.3) is 5.70 Å². The predicted molar refractivity (Wildman–Crippen MR) is 85.0 cm³/mol. The van der Waals surface area contributed by atoms with Crippen molar-refractivity contribution in [2.45, 2.75) is 47.5 Å². The summed E-state index contributed by atoms with van der Waals surface area (Å²) in [5, 5.41) is 0. The quantitative estimate of drug-likeness (QED) is 0.506. The number of aryl methyl sites for hydroxylation is 2. The van der Waals surface area contributed by atoms with Crippen LogP contribution in [0.5, 0.6) is 0 Å². The molecular weight excluding hydrogens is 432 g/mol. The molecule has 3 nitrogen and oxygen atoms in total. The third-order valence-corrected chi connectivity index (χ3v) is 4.23. The molecular formula is C17H23N2OW-. The summed E-state index contributed by atoms with van der Waals surface area (Å²) in [6, 6.07) is 0. The first-order valence-corrected chi connectivity index (χ1v) is 8.70. The van der Waals surface area contributed by atoms with E-state index >= 15 is 0 Å². The van der Waals surface area contributed by atoms with Crippen LogP contribution in [0.4, 0.5) is 0 Å². The first-order valence-electron chi connectivity index (χ1n) is 7.01. The van der Waals surface area contributed by atoms with Crippen molar-refractivity contribution in [3.8, 4) is 0 Å². The summed E-state index contributed by atoms with van der Waals surface area (Å²) < 4.78 is 3.66. The number of rotatable bonds is 5. The molecule has 0 saturated heterocycles. The Hall–Kier alpha value is -1.08. The molecule has 0 spiro atoms. The van der Waals surface area contributed by atoms with Gasteiger partial charge in [0.25, 0.3) is 0 Å². The average Bonchev–Trinajstić information content (AvgIpc) is 2.40. The second-order valence-corrected chi connectivity index (χ2v) is 7.19. The molecule has 1 heterocycles.